The Morgan fingerprint density at radius 2 is 1.15 bits per heavy atom. The molecule has 12 rings (SSSR count). The number of pyridine rings is 1. The molecule has 638 valence electrons. The van der Waals surface area contributed by atoms with Crippen molar-refractivity contribution in [3.63, 3.8) is 0 Å². The lowest BCUT2D eigenvalue weighted by atomic mass is 9.72. The Kier molecular flexibility index (Phi) is 32.3. The van der Waals surface area contributed by atoms with Crippen molar-refractivity contribution in [1.82, 2.24) is 34.3 Å². The molecule has 38 heteroatoms. The molecular formula is C79H105ClF4N16O14S3. The van der Waals surface area contributed by atoms with E-state index in [0.717, 1.165) is 143 Å². The van der Waals surface area contributed by atoms with E-state index in [4.69, 9.17) is 32.3 Å². The Labute approximate surface area is 684 Å². The van der Waals surface area contributed by atoms with Gasteiger partial charge in [0, 0.05) is 92.4 Å². The molecule has 0 radical (unpaired) electrons. The number of primary sulfonamides is 2. The van der Waals surface area contributed by atoms with Crippen molar-refractivity contribution in [3.8, 4) is 11.5 Å². The first-order chi connectivity index (χ1) is 55.2. The van der Waals surface area contributed by atoms with Crippen LogP contribution in [0.25, 0.3) is 16.6 Å². The highest BCUT2D eigenvalue weighted by atomic mass is 35.5. The Hall–Kier alpha value is -9.02. The molecule has 1 amide bonds. The van der Waals surface area contributed by atoms with Gasteiger partial charge >= 0.3 is 11.9 Å². The van der Waals surface area contributed by atoms with Gasteiger partial charge in [-0.05, 0) is 270 Å². The third-order valence-corrected chi connectivity index (χ3v) is 25.4. The average Bonchev–Trinajstić information content (AvgIpc) is 1.03. The molecule has 10 N–H and O–H groups in total. The number of allylic oxidation sites excluding steroid dienone is 1. The second kappa shape index (κ2) is 41.1. The number of aromatic amines is 1. The number of halogens is 5. The standard InChI is InChI=1S/C49H56ClF3N8O6S.C15H24N4O4S.C9H20N2.C6H5FN2O4S/c1-48(2)16-12-34(41(29-48)39-9-6-35(26-42(39)50)49(51,52)53)31-59-21-23-60(24-22-59)36-7-10-40(45(27-36)67-37-25-33-13-18-55-46(33)56-30-37)47(62)57-68(65,66)38-8-11-43(44(28-38)61(63)64)54-17-4-5-32-14-19-58(3)20-15-32;1-18-9-6-12(7-10-18)3-2-8-17-14-5-4-13(24(16,22)23)11-15(14)19(20)21;1-11-7-4-9(5-8-11)3-2-6-10;7-5-2-1-4(14(8,12)13)3-6(5)9(10)11/h6-11,13,18,25-28,30,32,54H,4-5,12,14-17,19-24,29,31H2,1-3H3,(H,55,56)(H,57,62);4-5,11-12,17H,2-3,6-10H2,1H3,(H2,16,22,23);9H,2-8,10H2,1H3;1-3H,(H2,8,12,13). The van der Waals surface area contributed by atoms with E-state index in [1.54, 1.807) is 24.4 Å². The number of hydrogen-bond donors (Lipinski definition) is 7. The number of H-pyrrole nitrogens is 1. The van der Waals surface area contributed by atoms with Gasteiger partial charge < -0.3 is 45.7 Å². The average molecular weight is 1710 g/mol. The molecule has 4 saturated heterocycles. The first-order valence-electron chi connectivity index (χ1n) is 38.9. The number of likely N-dealkylation sites (tertiary alicyclic amines) is 3. The monoisotopic (exact) mass is 1710 g/mol. The van der Waals surface area contributed by atoms with Crippen LogP contribution >= 0.6 is 11.6 Å². The summed E-state index contributed by atoms with van der Waals surface area (Å²) in [4.78, 5) is 62.9. The molecule has 0 spiro atoms. The zero-order valence-corrected chi connectivity index (χ0v) is 69.5. The number of nitro benzene ring substituents is 3. The smallest absolute Gasteiger partial charge is 0.416 e. The summed E-state index contributed by atoms with van der Waals surface area (Å²) in [5.41, 5.74) is 7.54. The third kappa shape index (κ3) is 27.0. The van der Waals surface area contributed by atoms with Crippen molar-refractivity contribution in [2.75, 3.05) is 128 Å². The summed E-state index contributed by atoms with van der Waals surface area (Å²) >= 11 is 6.54. The number of anilines is 3. The molecule has 6 heterocycles. The second-order valence-electron chi connectivity index (χ2n) is 31.3. The molecule has 0 atom stereocenters. The predicted octanol–water partition coefficient (Wildman–Crippen LogP) is 13.6. The minimum atomic E-state index is -4.60. The van der Waals surface area contributed by atoms with Crippen molar-refractivity contribution < 1.29 is 67.1 Å². The number of nitrogens with zero attached hydrogens (tertiary/aromatic N) is 9. The fourth-order valence-corrected chi connectivity index (χ4v) is 17.3. The number of rotatable bonds is 27. The number of ether oxygens (including phenoxy) is 1. The van der Waals surface area contributed by atoms with Gasteiger partial charge in [-0.15, -0.1) is 0 Å². The number of fused-ring (bicyclic) bond motifs is 1. The first kappa shape index (κ1) is 91.9. The largest absolute Gasteiger partial charge is 0.455 e. The number of alkyl halides is 3. The number of carbonyl (C=O) groups is 1. The van der Waals surface area contributed by atoms with Crippen LogP contribution in [0.1, 0.15) is 132 Å². The van der Waals surface area contributed by atoms with Crippen LogP contribution in [-0.2, 0) is 36.2 Å². The number of nitro groups is 3. The van der Waals surface area contributed by atoms with Gasteiger partial charge in [-0.2, -0.15) is 17.6 Å². The quantitative estimate of drug-likeness (QED) is 0.0109. The molecule has 2 aromatic heterocycles. The van der Waals surface area contributed by atoms with Gasteiger partial charge in [0.15, 0.2) is 0 Å². The van der Waals surface area contributed by atoms with E-state index in [0.29, 0.717) is 98.9 Å². The van der Waals surface area contributed by atoms with Crippen molar-refractivity contribution in [3.05, 3.63) is 179 Å². The Morgan fingerprint density at radius 3 is 1.66 bits per heavy atom. The molecule has 0 bridgehead atoms. The van der Waals surface area contributed by atoms with Crippen molar-refractivity contribution in [2.45, 2.75) is 131 Å². The van der Waals surface area contributed by atoms with Gasteiger partial charge in [-0.1, -0.05) is 37.1 Å². The van der Waals surface area contributed by atoms with Gasteiger partial charge in [-0.25, -0.2) is 45.2 Å². The summed E-state index contributed by atoms with van der Waals surface area (Å²) < 4.78 is 133. The van der Waals surface area contributed by atoms with Crippen LogP contribution < -0.4 is 41.0 Å². The number of piperazine rings is 1. The summed E-state index contributed by atoms with van der Waals surface area (Å²) in [5, 5.41) is 50.2. The van der Waals surface area contributed by atoms with E-state index >= 15 is 0 Å². The van der Waals surface area contributed by atoms with Crippen molar-refractivity contribution in [1.29, 1.82) is 0 Å². The van der Waals surface area contributed by atoms with Gasteiger partial charge in [0.05, 0.1) is 46.8 Å². The van der Waals surface area contributed by atoms with E-state index in [-0.39, 0.29) is 38.0 Å². The number of piperidine rings is 3. The van der Waals surface area contributed by atoms with E-state index in [2.05, 4.69) is 84.8 Å². The Balaban J connectivity index is 0.000000255. The molecule has 4 fully saturated rings. The van der Waals surface area contributed by atoms with E-state index < -0.39 is 89.5 Å². The molecule has 4 aliphatic heterocycles. The van der Waals surface area contributed by atoms with E-state index in [9.17, 15) is 78.0 Å². The number of amides is 1. The highest BCUT2D eigenvalue weighted by Crippen LogP contribution is 2.46. The minimum Gasteiger partial charge on any atom is -0.455 e. The number of aromatic nitrogens is 2. The summed E-state index contributed by atoms with van der Waals surface area (Å²) in [6.45, 7) is 16.3. The summed E-state index contributed by atoms with van der Waals surface area (Å²) in [6.07, 6.45) is 14.9. The zero-order valence-electron chi connectivity index (χ0n) is 66.3. The fraction of sp³-hybridized carbons (Fsp3) is 0.494. The van der Waals surface area contributed by atoms with Crippen LogP contribution in [0, 0.1) is 59.3 Å². The molecule has 7 aromatic rings. The topological polar surface area (TPSA) is 417 Å². The first-order valence-corrected chi connectivity index (χ1v) is 43.9. The molecule has 0 saturated carbocycles. The number of nitrogens with one attached hydrogen (secondary N) is 4. The third-order valence-electron chi connectivity index (χ3n) is 22.0. The number of carbonyl (C=O) groups excluding carboxylic acids is 1. The highest BCUT2D eigenvalue weighted by Gasteiger charge is 2.35. The van der Waals surface area contributed by atoms with Crippen molar-refractivity contribution in [2.24, 2.45) is 39.2 Å². The number of hydrogen-bond acceptors (Lipinski definition) is 23. The van der Waals surface area contributed by atoms with Gasteiger partial charge in [0.1, 0.15) is 28.5 Å². The maximum Gasteiger partial charge on any atom is 0.416 e. The molecule has 0 unspecified atom stereocenters. The van der Waals surface area contributed by atoms with Gasteiger partial charge in [0.2, 0.25) is 25.9 Å². The normalized spacial score (nSPS) is 17.2. The van der Waals surface area contributed by atoms with Crippen LogP contribution in [0.5, 0.6) is 11.5 Å². The number of benzene rings is 5. The summed E-state index contributed by atoms with van der Waals surface area (Å²) in [5.74, 6) is 0.532. The van der Waals surface area contributed by atoms with Crippen LogP contribution in [0.15, 0.2) is 136 Å². The molecule has 30 nitrogen and oxygen atoms in total. The second-order valence-corrected chi connectivity index (χ2v) is 36.5. The maximum atomic E-state index is 14.0. The summed E-state index contributed by atoms with van der Waals surface area (Å²) in [7, 11) is -6.16. The lowest BCUT2D eigenvalue weighted by Gasteiger charge is -2.39. The van der Waals surface area contributed by atoms with Crippen LogP contribution in [0.2, 0.25) is 5.02 Å². The van der Waals surface area contributed by atoms with Crippen LogP contribution in [-0.4, -0.2) is 188 Å². The molecular weight excluding hydrogens is 1600 g/mol. The minimum absolute atomic E-state index is 0.0462. The fourth-order valence-electron chi connectivity index (χ4n) is 14.9. The molecule has 1 aliphatic carbocycles. The van der Waals surface area contributed by atoms with E-state index in [1.165, 1.54) is 94.2 Å². The Morgan fingerprint density at radius 1 is 0.650 bits per heavy atom. The van der Waals surface area contributed by atoms with Crippen LogP contribution in [0.3, 0.4) is 0 Å². The SMILES string of the molecule is CN1CCC(CCCN)CC1.CN1CCC(CCCNc2ccc(S(=O)(=O)NC(=O)c3ccc(N4CCN(CC5=C(c6ccc(C(F)(F)F)cc6Cl)CC(C)(C)CC5)CC4)cc3Oc3cnc4[nH]ccc4c3)cc2[N+](=O)[O-])CC1.CN1CCC(CCCNc2ccc(S(N)(=O)=O)cc2[N+](=O)[O-])CC1.NS(=O)(=O)c1ccc(F)c([N+](=O)[O-])c1. The lowest BCUT2D eigenvalue weighted by Crippen LogP contribution is -2.47. The molecule has 117 heavy (non-hydrogen) atoms. The lowest BCUT2D eigenvalue weighted by molar-refractivity contribution is -0.387. The zero-order chi connectivity index (χ0) is 85.2. The predicted molar refractivity (Wildman–Crippen MR) is 443 cm³/mol. The molecule has 5 aromatic carbocycles. The van der Waals surface area contributed by atoms with E-state index in [1.807, 2.05) is 6.07 Å². The maximum absolute atomic E-state index is 14.0. The van der Waals surface area contributed by atoms with Crippen LogP contribution in [0.4, 0.5) is 51.7 Å². The molecule has 5 aliphatic rings. The van der Waals surface area contributed by atoms with Crippen molar-refractivity contribution >= 4 is 98.3 Å². The van der Waals surface area contributed by atoms with Gasteiger partial charge in [0.25, 0.3) is 27.3 Å². The highest BCUT2D eigenvalue weighted by molar-refractivity contribution is 7.90. The Bertz CT molecular complexity index is 5010. The number of nitrogens with two attached hydrogens (primary N) is 3. The number of sulfonamides is 3. The van der Waals surface area contributed by atoms with Gasteiger partial charge in [-0.3, -0.25) is 40.0 Å². The summed E-state index contributed by atoms with van der Waals surface area (Å²) in [6, 6.07) is 21.3.